The van der Waals surface area contributed by atoms with Crippen LogP contribution >= 0.6 is 0 Å². The topological polar surface area (TPSA) is 85.3 Å². The van der Waals surface area contributed by atoms with Crippen LogP contribution in [0.2, 0.25) is 0 Å². The van der Waals surface area contributed by atoms with Crippen molar-refractivity contribution in [3.8, 4) is 17.2 Å². The first-order valence-corrected chi connectivity index (χ1v) is 8.18. The van der Waals surface area contributed by atoms with E-state index in [0.29, 0.717) is 30.1 Å². The van der Waals surface area contributed by atoms with Gasteiger partial charge in [0.1, 0.15) is 6.54 Å². The Morgan fingerprint density at radius 2 is 1.68 bits per heavy atom. The number of benzene rings is 1. The number of carbonyl (C=O) groups excluding carboxylic acids is 1. The molecule has 1 atom stereocenters. The first-order chi connectivity index (χ1) is 11.9. The summed E-state index contributed by atoms with van der Waals surface area (Å²) in [6, 6.07) is 3.46. The molecule has 0 spiro atoms. The number of aryl methyl sites for hydroxylation is 1. The summed E-state index contributed by atoms with van der Waals surface area (Å²) in [4.78, 5) is 24.9. The van der Waals surface area contributed by atoms with Crippen LogP contribution in [0, 0.1) is 0 Å². The Morgan fingerprint density at radius 1 is 1.12 bits per heavy atom. The third-order valence-corrected chi connectivity index (χ3v) is 4.10. The van der Waals surface area contributed by atoms with Crippen molar-refractivity contribution in [2.75, 3.05) is 27.9 Å². The number of amides is 1. The Morgan fingerprint density at radius 3 is 2.08 bits per heavy atom. The number of carboxylic acid groups (broad SMARTS) is 1. The number of hydrogen-bond acceptors (Lipinski definition) is 5. The Kier molecular flexibility index (Phi) is 8.04. The van der Waals surface area contributed by atoms with Gasteiger partial charge in [0.2, 0.25) is 11.7 Å². The van der Waals surface area contributed by atoms with Crippen LogP contribution in [0.15, 0.2) is 12.1 Å². The predicted octanol–water partition coefficient (Wildman–Crippen LogP) is 2.36. The Bertz CT molecular complexity index is 576. The molecule has 0 heterocycles. The van der Waals surface area contributed by atoms with Gasteiger partial charge in [-0.2, -0.15) is 0 Å². The van der Waals surface area contributed by atoms with Gasteiger partial charge in [0, 0.05) is 12.5 Å². The molecule has 7 heteroatoms. The average molecular weight is 353 g/mol. The van der Waals surface area contributed by atoms with Crippen molar-refractivity contribution in [3.63, 3.8) is 0 Å². The van der Waals surface area contributed by atoms with Crippen LogP contribution in [-0.4, -0.2) is 55.8 Å². The van der Waals surface area contributed by atoms with Crippen LogP contribution in [0.5, 0.6) is 17.2 Å². The molecule has 7 nitrogen and oxygen atoms in total. The Balaban J connectivity index is 2.91. The van der Waals surface area contributed by atoms with Gasteiger partial charge in [0.05, 0.1) is 21.3 Å². The number of carboxylic acids is 1. The molecule has 0 aliphatic heterocycles. The molecule has 1 aromatic rings. The molecule has 0 aromatic heterocycles. The van der Waals surface area contributed by atoms with E-state index >= 15 is 0 Å². The molecule has 0 radical (unpaired) electrons. The van der Waals surface area contributed by atoms with Crippen LogP contribution in [0.4, 0.5) is 0 Å². The standard InChI is InChI=1S/C18H27NO6/c1-6-12(2)19(11-17(21)22)16(20)8-7-13-9-14(23-3)18(25-5)15(10-13)24-4/h9-10,12H,6-8,11H2,1-5H3,(H,21,22). The molecule has 0 fully saturated rings. The molecule has 0 aliphatic carbocycles. The second-order valence-corrected chi connectivity index (χ2v) is 5.71. The second-order valence-electron chi connectivity index (χ2n) is 5.71. The molecule has 1 amide bonds. The molecule has 0 aliphatic rings. The van der Waals surface area contributed by atoms with Gasteiger partial charge in [-0.15, -0.1) is 0 Å². The smallest absolute Gasteiger partial charge is 0.323 e. The van der Waals surface area contributed by atoms with Crippen molar-refractivity contribution in [2.24, 2.45) is 0 Å². The highest BCUT2D eigenvalue weighted by molar-refractivity contribution is 5.81. The van der Waals surface area contributed by atoms with Gasteiger partial charge in [-0.05, 0) is 37.5 Å². The first-order valence-electron chi connectivity index (χ1n) is 8.18. The summed E-state index contributed by atoms with van der Waals surface area (Å²) in [5, 5.41) is 9.02. The summed E-state index contributed by atoms with van der Waals surface area (Å²) in [5.74, 6) is 0.335. The van der Waals surface area contributed by atoms with E-state index in [2.05, 4.69) is 0 Å². The zero-order valence-electron chi connectivity index (χ0n) is 15.5. The van der Waals surface area contributed by atoms with Crippen LogP contribution in [0.25, 0.3) is 0 Å². The molecule has 0 saturated heterocycles. The molecular formula is C18H27NO6. The van der Waals surface area contributed by atoms with Crippen molar-refractivity contribution in [3.05, 3.63) is 17.7 Å². The molecule has 1 N–H and O–H groups in total. The zero-order valence-corrected chi connectivity index (χ0v) is 15.5. The summed E-state index contributed by atoms with van der Waals surface area (Å²) < 4.78 is 15.9. The van der Waals surface area contributed by atoms with Crippen molar-refractivity contribution < 1.29 is 28.9 Å². The lowest BCUT2D eigenvalue weighted by atomic mass is 10.1. The average Bonchev–Trinajstić information content (AvgIpc) is 2.62. The van der Waals surface area contributed by atoms with E-state index in [1.54, 1.807) is 12.1 Å². The number of aliphatic carboxylic acids is 1. The molecule has 1 aromatic carbocycles. The van der Waals surface area contributed by atoms with Gasteiger partial charge in [-0.3, -0.25) is 9.59 Å². The monoisotopic (exact) mass is 353 g/mol. The van der Waals surface area contributed by atoms with E-state index in [1.807, 2.05) is 13.8 Å². The zero-order chi connectivity index (χ0) is 19.0. The maximum atomic E-state index is 12.5. The van der Waals surface area contributed by atoms with Gasteiger partial charge < -0.3 is 24.2 Å². The van der Waals surface area contributed by atoms with Crippen molar-refractivity contribution >= 4 is 11.9 Å². The largest absolute Gasteiger partial charge is 0.493 e. The van der Waals surface area contributed by atoms with Crippen LogP contribution in [0.3, 0.4) is 0 Å². The maximum absolute atomic E-state index is 12.5. The third kappa shape index (κ3) is 5.55. The van der Waals surface area contributed by atoms with Crippen molar-refractivity contribution in [2.45, 2.75) is 39.2 Å². The van der Waals surface area contributed by atoms with Crippen molar-refractivity contribution in [1.29, 1.82) is 0 Å². The lowest BCUT2D eigenvalue weighted by molar-refractivity contribution is -0.146. The number of nitrogens with zero attached hydrogens (tertiary/aromatic N) is 1. The fourth-order valence-corrected chi connectivity index (χ4v) is 2.53. The minimum absolute atomic E-state index is 0.122. The summed E-state index contributed by atoms with van der Waals surface area (Å²) in [5.41, 5.74) is 0.849. The molecule has 140 valence electrons. The fraction of sp³-hybridized carbons (Fsp3) is 0.556. The maximum Gasteiger partial charge on any atom is 0.323 e. The Labute approximate surface area is 148 Å². The molecular weight excluding hydrogens is 326 g/mol. The number of carbonyl (C=O) groups is 2. The van der Waals surface area contributed by atoms with Crippen molar-refractivity contribution in [1.82, 2.24) is 4.90 Å². The highest BCUT2D eigenvalue weighted by Crippen LogP contribution is 2.38. The molecule has 0 saturated carbocycles. The Hall–Kier alpha value is -2.44. The van der Waals surface area contributed by atoms with E-state index in [-0.39, 0.29) is 24.9 Å². The molecule has 25 heavy (non-hydrogen) atoms. The predicted molar refractivity (Wildman–Crippen MR) is 93.5 cm³/mol. The van der Waals surface area contributed by atoms with Gasteiger partial charge >= 0.3 is 5.97 Å². The highest BCUT2D eigenvalue weighted by Gasteiger charge is 2.22. The van der Waals surface area contributed by atoms with E-state index in [0.717, 1.165) is 5.56 Å². The lowest BCUT2D eigenvalue weighted by Gasteiger charge is -2.27. The van der Waals surface area contributed by atoms with E-state index < -0.39 is 5.97 Å². The van der Waals surface area contributed by atoms with Gasteiger partial charge in [-0.25, -0.2) is 0 Å². The summed E-state index contributed by atoms with van der Waals surface area (Å²) in [6.07, 6.45) is 1.35. The summed E-state index contributed by atoms with van der Waals surface area (Å²) in [7, 11) is 4.59. The van der Waals surface area contributed by atoms with Gasteiger partial charge in [-0.1, -0.05) is 6.92 Å². The highest BCUT2D eigenvalue weighted by atomic mass is 16.5. The van der Waals surface area contributed by atoms with Crippen LogP contribution in [-0.2, 0) is 16.0 Å². The molecule has 0 bridgehead atoms. The third-order valence-electron chi connectivity index (χ3n) is 4.10. The normalized spacial score (nSPS) is 11.6. The number of methoxy groups -OCH3 is 3. The van der Waals surface area contributed by atoms with E-state index in [9.17, 15) is 9.59 Å². The quantitative estimate of drug-likeness (QED) is 0.695. The number of rotatable bonds is 10. The molecule has 1 unspecified atom stereocenters. The van der Waals surface area contributed by atoms with Crippen LogP contribution < -0.4 is 14.2 Å². The number of hydrogen-bond donors (Lipinski definition) is 1. The summed E-state index contributed by atoms with van der Waals surface area (Å²) in [6.45, 7) is 3.48. The van der Waals surface area contributed by atoms with Crippen LogP contribution in [0.1, 0.15) is 32.3 Å². The number of ether oxygens (including phenoxy) is 3. The minimum Gasteiger partial charge on any atom is -0.493 e. The lowest BCUT2D eigenvalue weighted by Crippen LogP contribution is -2.41. The van der Waals surface area contributed by atoms with E-state index in [4.69, 9.17) is 19.3 Å². The summed E-state index contributed by atoms with van der Waals surface area (Å²) >= 11 is 0. The van der Waals surface area contributed by atoms with Gasteiger partial charge in [0.15, 0.2) is 11.5 Å². The molecule has 1 rings (SSSR count). The first kappa shape index (κ1) is 20.6. The minimum atomic E-state index is -1.01. The van der Waals surface area contributed by atoms with E-state index in [1.165, 1.54) is 26.2 Å². The SMILES string of the molecule is CCC(C)N(CC(=O)O)C(=O)CCc1cc(OC)c(OC)c(OC)c1. The van der Waals surface area contributed by atoms with Gasteiger partial charge in [0.25, 0.3) is 0 Å². The second kappa shape index (κ2) is 9.76. The fourth-order valence-electron chi connectivity index (χ4n) is 2.53.